The van der Waals surface area contributed by atoms with E-state index in [1.54, 1.807) is 12.5 Å². The fourth-order valence-electron chi connectivity index (χ4n) is 7.19. The van der Waals surface area contributed by atoms with E-state index >= 15 is 0 Å². The van der Waals surface area contributed by atoms with Crippen molar-refractivity contribution in [3.05, 3.63) is 24.2 Å². The van der Waals surface area contributed by atoms with Gasteiger partial charge in [-0.3, -0.25) is 0 Å². The molecule has 2 spiro atoms. The second-order valence-corrected chi connectivity index (χ2v) is 9.16. The van der Waals surface area contributed by atoms with Gasteiger partial charge in [-0.05, 0) is 43.6 Å². The first kappa shape index (κ1) is 16.1. The highest BCUT2D eigenvalue weighted by Gasteiger charge is 2.81. The van der Waals surface area contributed by atoms with Gasteiger partial charge in [0.05, 0.1) is 49.5 Å². The van der Waals surface area contributed by atoms with Crippen molar-refractivity contribution in [1.29, 1.82) is 0 Å². The SMILES string of the molecule is C[C@@H]1C[C@@H](O)[C@]23CO[C@H]4O[C@H](c5ccoc5)C[C@@]41[C@H]2CC[C@H](O)[C@]31CO1. The summed E-state index contributed by atoms with van der Waals surface area (Å²) in [7, 11) is 0. The van der Waals surface area contributed by atoms with Crippen molar-refractivity contribution in [2.75, 3.05) is 13.2 Å². The Hall–Kier alpha value is -0.920. The summed E-state index contributed by atoms with van der Waals surface area (Å²) in [5.41, 5.74) is -0.267. The maximum Gasteiger partial charge on any atom is 0.164 e. The molecule has 2 saturated carbocycles. The van der Waals surface area contributed by atoms with E-state index in [-0.39, 0.29) is 29.6 Å². The lowest BCUT2D eigenvalue weighted by molar-refractivity contribution is -0.339. The van der Waals surface area contributed by atoms with Gasteiger partial charge in [-0.25, -0.2) is 0 Å². The van der Waals surface area contributed by atoms with E-state index in [2.05, 4.69) is 6.92 Å². The minimum atomic E-state index is -0.638. The molecule has 1 aromatic heterocycles. The van der Waals surface area contributed by atoms with Crippen LogP contribution in [0.15, 0.2) is 23.0 Å². The van der Waals surface area contributed by atoms with Crippen LogP contribution >= 0.6 is 0 Å². The molecular formula is C20H26O6. The predicted molar refractivity (Wildman–Crippen MR) is 89.0 cm³/mol. The lowest BCUT2D eigenvalue weighted by atomic mass is 9.41. The van der Waals surface area contributed by atoms with E-state index in [4.69, 9.17) is 18.6 Å². The van der Waals surface area contributed by atoms with Gasteiger partial charge in [-0.1, -0.05) is 6.92 Å². The van der Waals surface area contributed by atoms with E-state index in [0.717, 1.165) is 24.8 Å². The third-order valence-corrected chi connectivity index (χ3v) is 8.52. The number of furan rings is 1. The Morgan fingerprint density at radius 2 is 2.00 bits per heavy atom. The first-order chi connectivity index (χ1) is 12.5. The van der Waals surface area contributed by atoms with E-state index in [1.807, 2.05) is 6.07 Å². The second-order valence-electron chi connectivity index (χ2n) is 9.16. The summed E-state index contributed by atoms with van der Waals surface area (Å²) < 4.78 is 23.9. The Balaban J connectivity index is 1.48. The molecule has 2 bridgehead atoms. The highest BCUT2D eigenvalue weighted by molar-refractivity contribution is 5.28. The van der Waals surface area contributed by atoms with Crippen LogP contribution in [0.5, 0.6) is 0 Å². The molecule has 0 amide bonds. The first-order valence-corrected chi connectivity index (χ1v) is 9.84. The summed E-state index contributed by atoms with van der Waals surface area (Å²) in [6.07, 6.45) is 5.26. The molecule has 6 heteroatoms. The van der Waals surface area contributed by atoms with Crippen LogP contribution in [0.1, 0.15) is 44.3 Å². The fourth-order valence-corrected chi connectivity index (χ4v) is 7.19. The van der Waals surface area contributed by atoms with Crippen LogP contribution in [0, 0.1) is 22.7 Å². The topological polar surface area (TPSA) is 84.6 Å². The van der Waals surface area contributed by atoms with Gasteiger partial charge < -0.3 is 28.8 Å². The van der Waals surface area contributed by atoms with Gasteiger partial charge in [-0.15, -0.1) is 0 Å². The van der Waals surface area contributed by atoms with E-state index < -0.39 is 23.2 Å². The van der Waals surface area contributed by atoms with Gasteiger partial charge in [0.2, 0.25) is 0 Å². The van der Waals surface area contributed by atoms with Gasteiger partial charge in [-0.2, -0.15) is 0 Å². The molecule has 6 rings (SSSR count). The normalized spacial score (nSPS) is 57.7. The molecule has 0 aromatic carbocycles. The molecule has 2 N–H and O–H groups in total. The Bertz CT molecular complexity index is 714. The summed E-state index contributed by atoms with van der Waals surface area (Å²) in [6, 6.07) is 1.96. The van der Waals surface area contributed by atoms with Crippen molar-refractivity contribution >= 4 is 0 Å². The highest BCUT2D eigenvalue weighted by Crippen LogP contribution is 2.74. The van der Waals surface area contributed by atoms with Crippen molar-refractivity contribution in [3.63, 3.8) is 0 Å². The summed E-state index contributed by atoms with van der Waals surface area (Å²) in [4.78, 5) is 0. The van der Waals surface area contributed by atoms with Crippen LogP contribution in [0.2, 0.25) is 0 Å². The van der Waals surface area contributed by atoms with Gasteiger partial charge >= 0.3 is 0 Å². The molecule has 5 aliphatic rings. The van der Waals surface area contributed by atoms with Crippen LogP contribution in [0.4, 0.5) is 0 Å². The molecule has 9 atom stereocenters. The zero-order valence-electron chi connectivity index (χ0n) is 15.0. The van der Waals surface area contributed by atoms with Crippen LogP contribution in [0.3, 0.4) is 0 Å². The van der Waals surface area contributed by atoms with E-state index in [1.165, 1.54) is 0 Å². The molecule has 0 unspecified atom stereocenters. The van der Waals surface area contributed by atoms with Crippen LogP contribution in [0.25, 0.3) is 0 Å². The first-order valence-electron chi connectivity index (χ1n) is 9.84. The van der Waals surface area contributed by atoms with Crippen LogP contribution < -0.4 is 0 Å². The predicted octanol–water partition coefficient (Wildman–Crippen LogP) is 2.01. The molecule has 0 radical (unpaired) electrons. The monoisotopic (exact) mass is 362 g/mol. The number of hydrogen-bond acceptors (Lipinski definition) is 6. The lowest BCUT2D eigenvalue weighted by Gasteiger charge is -2.66. The van der Waals surface area contributed by atoms with Gasteiger partial charge in [0.1, 0.15) is 5.60 Å². The Kier molecular flexibility index (Phi) is 3.04. The molecule has 3 aliphatic heterocycles. The minimum absolute atomic E-state index is 0.0461. The fraction of sp³-hybridized carbons (Fsp3) is 0.800. The van der Waals surface area contributed by atoms with E-state index in [9.17, 15) is 10.2 Å². The van der Waals surface area contributed by atoms with Gasteiger partial charge in [0, 0.05) is 11.0 Å². The third kappa shape index (κ3) is 1.59. The Labute approximate surface area is 152 Å². The number of rotatable bonds is 1. The zero-order valence-corrected chi connectivity index (χ0v) is 15.0. The molecule has 142 valence electrons. The summed E-state index contributed by atoms with van der Waals surface area (Å²) in [5, 5.41) is 21.9. The lowest BCUT2D eigenvalue weighted by Crippen LogP contribution is -2.74. The van der Waals surface area contributed by atoms with Crippen molar-refractivity contribution in [2.45, 2.75) is 62.8 Å². The minimum Gasteiger partial charge on any atom is -0.472 e. The Morgan fingerprint density at radius 1 is 1.15 bits per heavy atom. The third-order valence-electron chi connectivity index (χ3n) is 8.52. The van der Waals surface area contributed by atoms with Gasteiger partial charge in [0.15, 0.2) is 6.29 Å². The molecule has 26 heavy (non-hydrogen) atoms. The molecule has 5 fully saturated rings. The average molecular weight is 362 g/mol. The largest absolute Gasteiger partial charge is 0.472 e. The van der Waals surface area contributed by atoms with E-state index in [0.29, 0.717) is 19.6 Å². The molecule has 4 heterocycles. The number of aliphatic hydroxyl groups is 2. The average Bonchev–Trinajstić information content (AvgIpc) is 3.07. The smallest absolute Gasteiger partial charge is 0.164 e. The number of ether oxygens (including phenoxy) is 3. The maximum atomic E-state index is 11.2. The zero-order chi connectivity index (χ0) is 17.7. The summed E-state index contributed by atoms with van der Waals surface area (Å²) >= 11 is 0. The highest BCUT2D eigenvalue weighted by atomic mass is 16.7. The number of aliphatic hydroxyl groups excluding tert-OH is 2. The van der Waals surface area contributed by atoms with Gasteiger partial charge in [0.25, 0.3) is 0 Å². The van der Waals surface area contributed by atoms with Crippen molar-refractivity contribution in [1.82, 2.24) is 0 Å². The molecule has 1 aromatic rings. The Morgan fingerprint density at radius 3 is 2.73 bits per heavy atom. The van der Waals surface area contributed by atoms with Crippen molar-refractivity contribution in [2.24, 2.45) is 22.7 Å². The number of hydrogen-bond donors (Lipinski definition) is 2. The summed E-state index contributed by atoms with van der Waals surface area (Å²) in [5.74, 6) is 0.513. The standard InChI is InChI=1S/C20H26O6/c1-11-6-16(22)19-9-24-17-18(11,7-13(26-17)12-4-5-23-8-12)14(19)2-3-15(21)20(19)10-25-20/h4-5,8,11,13-17,21-22H,2-3,6-7,9-10H2,1H3/t11-,13+,14-,15+,16-,17+,18-,19+,20-/m1/s1. The van der Waals surface area contributed by atoms with Crippen LogP contribution in [-0.4, -0.2) is 47.5 Å². The van der Waals surface area contributed by atoms with Crippen LogP contribution in [-0.2, 0) is 14.2 Å². The summed E-state index contributed by atoms with van der Waals surface area (Å²) in [6.45, 7) is 3.14. The molecular weight excluding hydrogens is 336 g/mol. The quantitative estimate of drug-likeness (QED) is 0.744. The molecule has 2 aliphatic carbocycles. The maximum absolute atomic E-state index is 11.2. The number of epoxide rings is 1. The molecule has 6 nitrogen and oxygen atoms in total. The second kappa shape index (κ2) is 4.92. The van der Waals surface area contributed by atoms with Crippen molar-refractivity contribution < 1.29 is 28.8 Å². The molecule has 3 saturated heterocycles. The van der Waals surface area contributed by atoms with Crippen molar-refractivity contribution in [3.8, 4) is 0 Å².